The minimum Gasteiger partial charge on any atom is -0.315 e. The van der Waals surface area contributed by atoms with Crippen molar-refractivity contribution in [2.24, 2.45) is 7.05 Å². The van der Waals surface area contributed by atoms with Crippen LogP contribution in [-0.2, 0) is 13.5 Å². The molecule has 1 aliphatic rings. The molecular formula is C12H20BrN3S2. The molecule has 0 saturated carbocycles. The van der Waals surface area contributed by atoms with Crippen molar-refractivity contribution in [2.75, 3.05) is 24.3 Å². The van der Waals surface area contributed by atoms with Gasteiger partial charge in [0.25, 0.3) is 0 Å². The molecule has 1 saturated heterocycles. The van der Waals surface area contributed by atoms with E-state index in [0.717, 1.165) is 12.1 Å². The second kappa shape index (κ2) is 6.68. The molecule has 102 valence electrons. The standard InChI is InChI=1S/C12H20BrN3S2/c1-8-12(13)10(16(3)15-8)6-9(14-2)11-7-17-4-5-18-11/h9,11,14H,4-7H2,1-3H3. The van der Waals surface area contributed by atoms with Crippen LogP contribution in [0.5, 0.6) is 0 Å². The summed E-state index contributed by atoms with van der Waals surface area (Å²) in [4.78, 5) is 0. The second-order valence-electron chi connectivity index (χ2n) is 4.55. The summed E-state index contributed by atoms with van der Waals surface area (Å²) in [6.07, 6.45) is 1.03. The van der Waals surface area contributed by atoms with Crippen molar-refractivity contribution in [1.82, 2.24) is 15.1 Å². The van der Waals surface area contributed by atoms with E-state index in [4.69, 9.17) is 0 Å². The van der Waals surface area contributed by atoms with E-state index in [1.165, 1.54) is 27.4 Å². The second-order valence-corrected chi connectivity index (χ2v) is 7.84. The molecule has 1 aliphatic heterocycles. The SMILES string of the molecule is CNC(Cc1c(Br)c(C)nn1C)C1CSCCS1. The lowest BCUT2D eigenvalue weighted by Gasteiger charge is -2.29. The van der Waals surface area contributed by atoms with Gasteiger partial charge in [0.1, 0.15) is 0 Å². The topological polar surface area (TPSA) is 29.9 Å². The van der Waals surface area contributed by atoms with Gasteiger partial charge in [-0.05, 0) is 29.9 Å². The fraction of sp³-hybridized carbons (Fsp3) is 0.750. The van der Waals surface area contributed by atoms with E-state index in [0.29, 0.717) is 11.3 Å². The molecule has 2 unspecified atom stereocenters. The molecule has 2 atom stereocenters. The van der Waals surface area contributed by atoms with E-state index in [1.807, 2.05) is 18.7 Å². The van der Waals surface area contributed by atoms with Crippen LogP contribution in [0, 0.1) is 6.92 Å². The van der Waals surface area contributed by atoms with Crippen LogP contribution >= 0.6 is 39.5 Å². The molecule has 1 N–H and O–H groups in total. The molecule has 18 heavy (non-hydrogen) atoms. The summed E-state index contributed by atoms with van der Waals surface area (Å²) in [5, 5.41) is 8.67. The zero-order valence-corrected chi connectivity index (χ0v) is 14.3. The van der Waals surface area contributed by atoms with Crippen LogP contribution in [0.15, 0.2) is 4.47 Å². The lowest BCUT2D eigenvalue weighted by Crippen LogP contribution is -2.41. The smallest absolute Gasteiger partial charge is 0.0738 e. The minimum atomic E-state index is 0.522. The first-order valence-electron chi connectivity index (χ1n) is 6.18. The van der Waals surface area contributed by atoms with Crippen LogP contribution in [0.2, 0.25) is 0 Å². The summed E-state index contributed by atoms with van der Waals surface area (Å²) in [5.41, 5.74) is 2.37. The Morgan fingerprint density at radius 1 is 1.56 bits per heavy atom. The molecule has 1 fully saturated rings. The van der Waals surface area contributed by atoms with Gasteiger partial charge in [-0.15, -0.1) is 0 Å². The highest BCUT2D eigenvalue weighted by atomic mass is 79.9. The molecule has 0 spiro atoms. The lowest BCUT2D eigenvalue weighted by molar-refractivity contribution is 0.533. The number of hydrogen-bond donors (Lipinski definition) is 1. The van der Waals surface area contributed by atoms with E-state index < -0.39 is 0 Å². The number of hydrogen-bond acceptors (Lipinski definition) is 4. The molecular weight excluding hydrogens is 330 g/mol. The van der Waals surface area contributed by atoms with E-state index in [-0.39, 0.29) is 0 Å². The van der Waals surface area contributed by atoms with Gasteiger partial charge in [0, 0.05) is 42.0 Å². The maximum absolute atomic E-state index is 4.47. The average Bonchev–Trinajstić information content (AvgIpc) is 2.62. The van der Waals surface area contributed by atoms with Crippen molar-refractivity contribution in [3.63, 3.8) is 0 Å². The first kappa shape index (κ1) is 14.8. The molecule has 0 amide bonds. The number of aryl methyl sites for hydroxylation is 2. The van der Waals surface area contributed by atoms with Gasteiger partial charge >= 0.3 is 0 Å². The van der Waals surface area contributed by atoms with Crippen LogP contribution in [0.4, 0.5) is 0 Å². The third-order valence-electron chi connectivity index (χ3n) is 3.34. The van der Waals surface area contributed by atoms with Crippen molar-refractivity contribution in [3.05, 3.63) is 15.9 Å². The van der Waals surface area contributed by atoms with Crippen LogP contribution in [0.3, 0.4) is 0 Å². The fourth-order valence-electron chi connectivity index (χ4n) is 2.27. The fourth-order valence-corrected chi connectivity index (χ4v) is 5.69. The zero-order valence-electron chi connectivity index (χ0n) is 11.1. The highest BCUT2D eigenvalue weighted by Gasteiger charge is 2.25. The molecule has 0 aliphatic carbocycles. The molecule has 1 aromatic heterocycles. The largest absolute Gasteiger partial charge is 0.315 e. The number of aromatic nitrogens is 2. The predicted molar refractivity (Wildman–Crippen MR) is 85.8 cm³/mol. The van der Waals surface area contributed by atoms with Gasteiger partial charge in [-0.2, -0.15) is 28.6 Å². The number of likely N-dealkylation sites (N-methyl/N-ethyl adjacent to an activating group) is 1. The molecule has 3 nitrogen and oxygen atoms in total. The Kier molecular flexibility index (Phi) is 5.47. The highest BCUT2D eigenvalue weighted by Crippen LogP contribution is 2.29. The van der Waals surface area contributed by atoms with Crippen LogP contribution in [0.25, 0.3) is 0 Å². The normalized spacial score (nSPS) is 22.1. The van der Waals surface area contributed by atoms with Crippen molar-refractivity contribution in [3.8, 4) is 0 Å². The Hall–Kier alpha value is 0.350. The highest BCUT2D eigenvalue weighted by molar-refractivity contribution is 9.10. The molecule has 0 aromatic carbocycles. The summed E-state index contributed by atoms with van der Waals surface area (Å²) in [5.74, 6) is 3.83. The number of halogens is 1. The molecule has 6 heteroatoms. The molecule has 0 bridgehead atoms. The summed E-state index contributed by atoms with van der Waals surface area (Å²) < 4.78 is 3.17. The number of nitrogens with zero attached hydrogens (tertiary/aromatic N) is 2. The summed E-state index contributed by atoms with van der Waals surface area (Å²) in [6, 6.07) is 0.522. The number of rotatable bonds is 4. The number of thioether (sulfide) groups is 2. The minimum absolute atomic E-state index is 0.522. The van der Waals surface area contributed by atoms with Crippen molar-refractivity contribution >= 4 is 39.5 Å². The van der Waals surface area contributed by atoms with Crippen molar-refractivity contribution < 1.29 is 0 Å². The summed E-state index contributed by atoms with van der Waals surface area (Å²) in [6.45, 7) is 2.05. The van der Waals surface area contributed by atoms with Crippen molar-refractivity contribution in [2.45, 2.75) is 24.6 Å². The van der Waals surface area contributed by atoms with Crippen LogP contribution in [-0.4, -0.2) is 45.4 Å². The summed E-state index contributed by atoms with van der Waals surface area (Å²) in [7, 11) is 4.10. The van der Waals surface area contributed by atoms with Gasteiger partial charge in [0.05, 0.1) is 15.9 Å². The molecule has 0 radical (unpaired) electrons. The first-order chi connectivity index (χ1) is 8.63. The van der Waals surface area contributed by atoms with Gasteiger partial charge in [-0.1, -0.05) is 0 Å². The molecule has 2 rings (SSSR count). The Morgan fingerprint density at radius 2 is 2.33 bits per heavy atom. The maximum Gasteiger partial charge on any atom is 0.0738 e. The van der Waals surface area contributed by atoms with Crippen molar-refractivity contribution in [1.29, 1.82) is 0 Å². The van der Waals surface area contributed by atoms with E-state index >= 15 is 0 Å². The zero-order chi connectivity index (χ0) is 13.1. The van der Waals surface area contributed by atoms with Crippen LogP contribution in [0.1, 0.15) is 11.4 Å². The number of nitrogens with one attached hydrogen (secondary N) is 1. The Labute approximate surface area is 126 Å². The van der Waals surface area contributed by atoms with Gasteiger partial charge in [-0.3, -0.25) is 4.68 Å². The maximum atomic E-state index is 4.47. The lowest BCUT2D eigenvalue weighted by atomic mass is 10.1. The molecule has 1 aromatic rings. The quantitative estimate of drug-likeness (QED) is 0.904. The van der Waals surface area contributed by atoms with Gasteiger partial charge < -0.3 is 5.32 Å². The summed E-state index contributed by atoms with van der Waals surface area (Å²) >= 11 is 7.84. The monoisotopic (exact) mass is 349 g/mol. The van der Waals surface area contributed by atoms with Gasteiger partial charge in [-0.25, -0.2) is 0 Å². The van der Waals surface area contributed by atoms with E-state index in [2.05, 4.69) is 56.9 Å². The Bertz CT molecular complexity index is 402. The third kappa shape index (κ3) is 3.26. The Morgan fingerprint density at radius 3 is 2.83 bits per heavy atom. The third-order valence-corrected chi connectivity index (χ3v) is 7.29. The predicted octanol–water partition coefficient (Wildman–Crippen LogP) is 2.47. The van der Waals surface area contributed by atoms with Gasteiger partial charge in [0.2, 0.25) is 0 Å². The van der Waals surface area contributed by atoms with E-state index in [9.17, 15) is 0 Å². The molecule has 2 heterocycles. The van der Waals surface area contributed by atoms with E-state index in [1.54, 1.807) is 0 Å². The van der Waals surface area contributed by atoms with Gasteiger partial charge in [0.15, 0.2) is 0 Å². The Balaban J connectivity index is 2.09. The first-order valence-corrected chi connectivity index (χ1v) is 9.17. The van der Waals surface area contributed by atoms with Crippen LogP contribution < -0.4 is 5.32 Å². The average molecular weight is 350 g/mol.